The maximum absolute atomic E-state index is 12.7. The van der Waals surface area contributed by atoms with Crippen molar-refractivity contribution in [2.45, 2.75) is 64.6 Å². The fraction of sp³-hybridized carbons (Fsp3) is 0.448. The lowest BCUT2D eigenvalue weighted by atomic mass is 10.0. The Bertz CT molecular complexity index is 1080. The summed E-state index contributed by atoms with van der Waals surface area (Å²) in [7, 11) is 0. The quantitative estimate of drug-likeness (QED) is 0.180. The van der Waals surface area contributed by atoms with Gasteiger partial charge in [0, 0.05) is 13.1 Å². The summed E-state index contributed by atoms with van der Waals surface area (Å²) < 4.78 is 15.6. The molecule has 0 spiro atoms. The minimum atomic E-state index is -0.969. The Morgan fingerprint density at radius 1 is 0.795 bits per heavy atom. The van der Waals surface area contributed by atoms with Crippen LogP contribution < -0.4 is 16.0 Å². The zero-order valence-electron chi connectivity index (χ0n) is 22.4. The number of benzene rings is 2. The molecule has 10 heteroatoms. The highest BCUT2D eigenvalue weighted by molar-refractivity contribution is 5.95. The predicted octanol–water partition coefficient (Wildman–Crippen LogP) is 2.85. The van der Waals surface area contributed by atoms with Gasteiger partial charge in [0.15, 0.2) is 12.2 Å². The largest absolute Gasteiger partial charge is 0.459 e. The van der Waals surface area contributed by atoms with E-state index in [1.807, 2.05) is 74.5 Å². The molecule has 0 aromatic heterocycles. The van der Waals surface area contributed by atoms with E-state index in [0.717, 1.165) is 11.1 Å². The highest BCUT2D eigenvalue weighted by Crippen LogP contribution is 2.24. The van der Waals surface area contributed by atoms with E-state index in [-0.39, 0.29) is 25.0 Å². The lowest BCUT2D eigenvalue weighted by Crippen LogP contribution is -2.49. The molecule has 2 aromatic rings. The van der Waals surface area contributed by atoms with Gasteiger partial charge in [-0.25, -0.2) is 9.59 Å². The first-order chi connectivity index (χ1) is 18.8. The Hall–Kier alpha value is -3.92. The molecule has 1 fully saturated rings. The van der Waals surface area contributed by atoms with Crippen LogP contribution in [0.3, 0.4) is 0 Å². The van der Waals surface area contributed by atoms with Crippen molar-refractivity contribution in [3.63, 3.8) is 0 Å². The molecule has 0 unspecified atom stereocenters. The van der Waals surface area contributed by atoms with Crippen molar-refractivity contribution in [3.8, 4) is 0 Å². The molecule has 0 saturated carbocycles. The van der Waals surface area contributed by atoms with Crippen LogP contribution >= 0.6 is 0 Å². The van der Waals surface area contributed by atoms with Gasteiger partial charge < -0.3 is 30.2 Å². The molecule has 0 bridgehead atoms. The SMILES string of the molecule is CC(C)C[C@H](NC(=O)[C@H]1O[C@@H]1C(=O)OCc1ccccc1)C(=O)NCCCCNC(=O)OCc1ccccc1. The van der Waals surface area contributed by atoms with E-state index >= 15 is 0 Å². The molecule has 1 saturated heterocycles. The second-order valence-corrected chi connectivity index (χ2v) is 9.75. The molecular weight excluding hydrogens is 502 g/mol. The molecule has 3 rings (SSSR count). The van der Waals surface area contributed by atoms with Gasteiger partial charge >= 0.3 is 12.1 Å². The standard InChI is InChI=1S/C29H37N3O7/c1-20(2)17-23(32-27(34)24-25(39-24)28(35)37-18-21-11-5-3-6-12-21)26(33)30-15-9-10-16-31-29(36)38-19-22-13-7-4-8-14-22/h3-8,11-14,20,23-25H,9-10,15-19H2,1-2H3,(H,30,33)(H,31,36)(H,32,34)/t23-,24-,25-/m0/s1. The van der Waals surface area contributed by atoms with Gasteiger partial charge in [-0.15, -0.1) is 0 Å². The maximum Gasteiger partial charge on any atom is 0.407 e. The number of hydrogen-bond acceptors (Lipinski definition) is 7. The smallest absolute Gasteiger partial charge is 0.407 e. The minimum absolute atomic E-state index is 0.0939. The summed E-state index contributed by atoms with van der Waals surface area (Å²) in [5, 5.41) is 8.22. The van der Waals surface area contributed by atoms with Crippen LogP contribution in [-0.2, 0) is 41.8 Å². The lowest BCUT2D eigenvalue weighted by Gasteiger charge is -2.20. The summed E-state index contributed by atoms with van der Waals surface area (Å²) in [6, 6.07) is 17.9. The van der Waals surface area contributed by atoms with Crippen LogP contribution in [0.25, 0.3) is 0 Å². The third-order valence-electron chi connectivity index (χ3n) is 5.93. The summed E-state index contributed by atoms with van der Waals surface area (Å²) in [4.78, 5) is 49.4. The molecule has 3 atom stereocenters. The van der Waals surface area contributed by atoms with Gasteiger partial charge in [-0.2, -0.15) is 0 Å². The molecular formula is C29H37N3O7. The lowest BCUT2D eigenvalue weighted by molar-refractivity contribution is -0.146. The van der Waals surface area contributed by atoms with Crippen molar-refractivity contribution in [1.29, 1.82) is 0 Å². The average molecular weight is 540 g/mol. The normalized spacial score (nSPS) is 16.6. The van der Waals surface area contributed by atoms with Crippen LogP contribution in [0.2, 0.25) is 0 Å². The molecule has 10 nitrogen and oxygen atoms in total. The number of carbonyl (C=O) groups excluding carboxylic acids is 4. The van der Waals surface area contributed by atoms with E-state index in [1.54, 1.807) is 0 Å². The first-order valence-corrected chi connectivity index (χ1v) is 13.2. The number of unbranched alkanes of at least 4 members (excludes halogenated alkanes) is 1. The molecule has 39 heavy (non-hydrogen) atoms. The van der Waals surface area contributed by atoms with Crippen molar-refractivity contribution in [2.24, 2.45) is 5.92 Å². The molecule has 1 aliphatic rings. The summed E-state index contributed by atoms with van der Waals surface area (Å²) in [5.41, 5.74) is 1.74. The van der Waals surface area contributed by atoms with E-state index in [1.165, 1.54) is 0 Å². The fourth-order valence-corrected chi connectivity index (χ4v) is 3.81. The summed E-state index contributed by atoms with van der Waals surface area (Å²) in [6.45, 7) is 5.00. The Kier molecular flexibility index (Phi) is 11.8. The van der Waals surface area contributed by atoms with Crippen LogP contribution in [0.5, 0.6) is 0 Å². The molecule has 0 aliphatic carbocycles. The molecule has 0 radical (unpaired) electrons. The Labute approximate surface area is 228 Å². The number of carbonyl (C=O) groups is 4. The predicted molar refractivity (Wildman–Crippen MR) is 143 cm³/mol. The third kappa shape index (κ3) is 10.8. The molecule has 3 N–H and O–H groups in total. The summed E-state index contributed by atoms with van der Waals surface area (Å²) >= 11 is 0. The number of rotatable bonds is 15. The fourth-order valence-electron chi connectivity index (χ4n) is 3.81. The van der Waals surface area contributed by atoms with E-state index in [0.29, 0.717) is 32.4 Å². The molecule has 2 aromatic carbocycles. The van der Waals surface area contributed by atoms with Crippen LogP contribution in [0.1, 0.15) is 44.2 Å². The van der Waals surface area contributed by atoms with Gasteiger partial charge in [0.1, 0.15) is 19.3 Å². The number of esters is 1. The topological polar surface area (TPSA) is 135 Å². The second kappa shape index (κ2) is 15.5. The Morgan fingerprint density at radius 3 is 1.95 bits per heavy atom. The van der Waals surface area contributed by atoms with Gasteiger partial charge in [-0.3, -0.25) is 9.59 Å². The molecule has 3 amide bonds. The number of epoxide rings is 1. The van der Waals surface area contributed by atoms with Crippen LogP contribution in [0, 0.1) is 5.92 Å². The summed E-state index contributed by atoms with van der Waals surface area (Å²) in [6.07, 6.45) is -0.722. The highest BCUT2D eigenvalue weighted by Gasteiger charge is 2.52. The zero-order chi connectivity index (χ0) is 28.0. The molecule has 210 valence electrons. The third-order valence-corrected chi connectivity index (χ3v) is 5.93. The van der Waals surface area contributed by atoms with Gasteiger partial charge in [0.2, 0.25) is 5.91 Å². The van der Waals surface area contributed by atoms with Crippen molar-refractivity contribution >= 4 is 23.9 Å². The number of ether oxygens (including phenoxy) is 3. The minimum Gasteiger partial charge on any atom is -0.459 e. The zero-order valence-corrected chi connectivity index (χ0v) is 22.4. The average Bonchev–Trinajstić information content (AvgIpc) is 3.74. The van der Waals surface area contributed by atoms with Gasteiger partial charge in [-0.1, -0.05) is 74.5 Å². The van der Waals surface area contributed by atoms with Crippen molar-refractivity contribution in [3.05, 3.63) is 71.8 Å². The Balaban J connectivity index is 1.31. The van der Waals surface area contributed by atoms with Crippen molar-refractivity contribution in [1.82, 2.24) is 16.0 Å². The van der Waals surface area contributed by atoms with E-state index in [9.17, 15) is 19.2 Å². The molecule has 1 aliphatic heterocycles. The number of hydrogen-bond donors (Lipinski definition) is 3. The maximum atomic E-state index is 12.7. The van der Waals surface area contributed by atoms with E-state index in [4.69, 9.17) is 14.2 Å². The number of amides is 3. The van der Waals surface area contributed by atoms with E-state index < -0.39 is 36.2 Å². The number of alkyl carbamates (subject to hydrolysis) is 1. The van der Waals surface area contributed by atoms with Crippen LogP contribution in [0.4, 0.5) is 4.79 Å². The van der Waals surface area contributed by atoms with Crippen molar-refractivity contribution < 1.29 is 33.4 Å². The van der Waals surface area contributed by atoms with E-state index in [2.05, 4.69) is 16.0 Å². The van der Waals surface area contributed by atoms with Gasteiger partial charge in [-0.05, 0) is 36.3 Å². The van der Waals surface area contributed by atoms with Crippen molar-refractivity contribution in [2.75, 3.05) is 13.1 Å². The molecule has 1 heterocycles. The van der Waals surface area contributed by atoms with Gasteiger partial charge in [0.25, 0.3) is 5.91 Å². The Morgan fingerprint density at radius 2 is 1.36 bits per heavy atom. The monoisotopic (exact) mass is 539 g/mol. The van der Waals surface area contributed by atoms with Crippen LogP contribution in [0.15, 0.2) is 60.7 Å². The van der Waals surface area contributed by atoms with Gasteiger partial charge in [0.05, 0.1) is 0 Å². The first-order valence-electron chi connectivity index (χ1n) is 13.2. The van der Waals surface area contributed by atoms with Crippen LogP contribution in [-0.4, -0.2) is 55.2 Å². The first kappa shape index (κ1) is 29.6. The second-order valence-electron chi connectivity index (χ2n) is 9.75. The number of nitrogens with one attached hydrogen (secondary N) is 3. The highest BCUT2D eigenvalue weighted by atomic mass is 16.6. The summed E-state index contributed by atoms with van der Waals surface area (Å²) in [5.74, 6) is -1.29.